The molecule has 0 saturated carbocycles. The van der Waals surface area contributed by atoms with Gasteiger partial charge in [-0.1, -0.05) is 12.1 Å². The smallest absolute Gasteiger partial charge is 0.256 e. The number of methoxy groups -OCH3 is 3. The van der Waals surface area contributed by atoms with Crippen LogP contribution in [-0.2, 0) is 4.79 Å². The minimum atomic E-state index is -0.581. The number of hydrogen-bond donors (Lipinski definition) is 0. The first-order valence-electron chi connectivity index (χ1n) is 10.4. The van der Waals surface area contributed by atoms with Crippen molar-refractivity contribution in [2.24, 2.45) is 5.92 Å². The summed E-state index contributed by atoms with van der Waals surface area (Å²) in [6.07, 6.45) is 0. The number of nitrogens with zero attached hydrogens (tertiary/aromatic N) is 2. The van der Waals surface area contributed by atoms with Crippen LogP contribution in [0.15, 0.2) is 36.4 Å². The number of halogens is 1. The van der Waals surface area contributed by atoms with Crippen molar-refractivity contribution in [3.8, 4) is 17.2 Å². The summed E-state index contributed by atoms with van der Waals surface area (Å²) >= 11 is 0. The second kappa shape index (κ2) is 9.89. The zero-order valence-electron chi connectivity index (χ0n) is 19.1. The second-order valence-electron chi connectivity index (χ2n) is 7.71. The first-order chi connectivity index (χ1) is 15.4. The molecule has 172 valence electrons. The highest BCUT2D eigenvalue weighted by atomic mass is 19.1. The molecule has 0 N–H and O–H groups in total. The fourth-order valence-corrected chi connectivity index (χ4v) is 4.12. The molecule has 2 amide bonds. The quantitative estimate of drug-likeness (QED) is 0.656. The topological polar surface area (TPSA) is 68.3 Å². The molecule has 0 spiro atoms. The Morgan fingerprint density at radius 2 is 1.69 bits per heavy atom. The molecule has 3 rings (SSSR count). The van der Waals surface area contributed by atoms with Crippen LogP contribution in [0.25, 0.3) is 0 Å². The predicted molar refractivity (Wildman–Crippen MR) is 118 cm³/mol. The van der Waals surface area contributed by atoms with Crippen LogP contribution in [-0.4, -0.2) is 69.6 Å². The van der Waals surface area contributed by atoms with Gasteiger partial charge in [0.2, 0.25) is 11.7 Å². The van der Waals surface area contributed by atoms with Crippen LogP contribution in [0.3, 0.4) is 0 Å². The number of rotatable bonds is 7. The molecule has 32 heavy (non-hydrogen) atoms. The van der Waals surface area contributed by atoms with Gasteiger partial charge in [0.15, 0.2) is 11.5 Å². The summed E-state index contributed by atoms with van der Waals surface area (Å²) in [5, 5.41) is 0. The van der Waals surface area contributed by atoms with Crippen LogP contribution in [0, 0.1) is 11.7 Å². The molecule has 0 aliphatic carbocycles. The lowest BCUT2D eigenvalue weighted by Crippen LogP contribution is -2.37. The zero-order chi connectivity index (χ0) is 23.4. The van der Waals surface area contributed by atoms with E-state index in [1.807, 2.05) is 6.92 Å². The summed E-state index contributed by atoms with van der Waals surface area (Å²) in [6.45, 7) is 2.89. The lowest BCUT2D eigenvalue weighted by molar-refractivity contribution is -0.133. The maximum Gasteiger partial charge on any atom is 0.256 e. The van der Waals surface area contributed by atoms with Crippen LogP contribution in [0.2, 0.25) is 0 Å². The van der Waals surface area contributed by atoms with E-state index in [0.717, 1.165) is 5.56 Å². The summed E-state index contributed by atoms with van der Waals surface area (Å²) in [4.78, 5) is 29.5. The molecule has 1 aliphatic heterocycles. The van der Waals surface area contributed by atoms with Crippen molar-refractivity contribution in [1.82, 2.24) is 9.80 Å². The maximum atomic E-state index is 14.3. The van der Waals surface area contributed by atoms with Crippen molar-refractivity contribution in [2.45, 2.75) is 12.8 Å². The Bertz CT molecular complexity index is 971. The molecule has 0 aromatic heterocycles. The number of amides is 2. The number of carbonyl (C=O) groups excluding carboxylic acids is 2. The molecule has 1 aliphatic rings. The van der Waals surface area contributed by atoms with Gasteiger partial charge in [0.1, 0.15) is 5.82 Å². The van der Waals surface area contributed by atoms with Crippen molar-refractivity contribution >= 4 is 11.8 Å². The molecule has 2 aromatic rings. The Kier molecular flexibility index (Phi) is 7.22. The van der Waals surface area contributed by atoms with Gasteiger partial charge in [-0.15, -0.1) is 0 Å². The second-order valence-corrected chi connectivity index (χ2v) is 7.71. The number of ether oxygens (including phenoxy) is 3. The Morgan fingerprint density at radius 3 is 2.22 bits per heavy atom. The zero-order valence-corrected chi connectivity index (χ0v) is 19.1. The Labute approximate surface area is 187 Å². The van der Waals surface area contributed by atoms with E-state index in [9.17, 15) is 14.0 Å². The lowest BCUT2D eigenvalue weighted by atomic mass is 9.87. The molecule has 1 heterocycles. The van der Waals surface area contributed by atoms with Crippen LogP contribution < -0.4 is 14.2 Å². The van der Waals surface area contributed by atoms with Crippen LogP contribution >= 0.6 is 0 Å². The number of carbonyl (C=O) groups is 2. The predicted octanol–water partition coefficient (Wildman–Crippen LogP) is 3.19. The van der Waals surface area contributed by atoms with E-state index in [1.54, 1.807) is 35.0 Å². The molecule has 0 radical (unpaired) electrons. The summed E-state index contributed by atoms with van der Waals surface area (Å²) in [7, 11) is 6.30. The van der Waals surface area contributed by atoms with Gasteiger partial charge in [-0.05, 0) is 36.8 Å². The van der Waals surface area contributed by atoms with Crippen molar-refractivity contribution < 1.29 is 28.2 Å². The molecular weight excluding hydrogens is 415 g/mol. The Balaban J connectivity index is 2.03. The van der Waals surface area contributed by atoms with Crippen LogP contribution in [0.4, 0.5) is 4.39 Å². The molecule has 1 saturated heterocycles. The highest BCUT2D eigenvalue weighted by molar-refractivity contribution is 5.95. The largest absolute Gasteiger partial charge is 0.493 e. The third-order valence-electron chi connectivity index (χ3n) is 5.99. The van der Waals surface area contributed by atoms with Gasteiger partial charge < -0.3 is 24.0 Å². The van der Waals surface area contributed by atoms with E-state index in [-0.39, 0.29) is 30.5 Å². The van der Waals surface area contributed by atoms with Crippen LogP contribution in [0.1, 0.15) is 28.8 Å². The number of benzene rings is 2. The monoisotopic (exact) mass is 444 g/mol. The fourth-order valence-electron chi connectivity index (χ4n) is 4.12. The van der Waals surface area contributed by atoms with E-state index < -0.39 is 17.6 Å². The van der Waals surface area contributed by atoms with Crippen molar-refractivity contribution in [3.05, 3.63) is 53.3 Å². The van der Waals surface area contributed by atoms with Gasteiger partial charge in [-0.25, -0.2) is 4.39 Å². The van der Waals surface area contributed by atoms with Gasteiger partial charge >= 0.3 is 0 Å². The third-order valence-corrected chi connectivity index (χ3v) is 5.99. The van der Waals surface area contributed by atoms with Gasteiger partial charge in [-0.2, -0.15) is 0 Å². The summed E-state index contributed by atoms with van der Waals surface area (Å²) < 4.78 is 30.6. The summed E-state index contributed by atoms with van der Waals surface area (Å²) in [6, 6.07) is 9.48. The number of likely N-dealkylation sites (tertiary alicyclic amines) is 1. The Morgan fingerprint density at radius 1 is 1.06 bits per heavy atom. The standard InChI is InChI=1S/C24H29FN2O5/c1-6-26(2)23(28)18-14-27(24(29)16-9-7-8-10-19(16)25)13-17(18)15-11-20(30-3)22(32-5)21(12-15)31-4/h7-12,17-18H,6,13-14H2,1-5H3/t17-,18+/m0/s1. The SMILES string of the molecule is CCN(C)C(=O)[C@@H]1CN(C(=O)c2ccccc2F)C[C@H]1c1cc(OC)c(OC)c(OC)c1. The van der Waals surface area contributed by atoms with Crippen LogP contribution in [0.5, 0.6) is 17.2 Å². The molecule has 1 fully saturated rings. The summed E-state index contributed by atoms with van der Waals surface area (Å²) in [5.41, 5.74) is 0.777. The first kappa shape index (κ1) is 23.4. The molecule has 2 atom stereocenters. The molecule has 8 heteroatoms. The van der Waals surface area contributed by atoms with E-state index in [1.165, 1.54) is 39.5 Å². The molecule has 0 unspecified atom stereocenters. The van der Waals surface area contributed by atoms with Gasteiger partial charge in [0.25, 0.3) is 5.91 Å². The molecule has 7 nitrogen and oxygen atoms in total. The average molecular weight is 445 g/mol. The van der Waals surface area contributed by atoms with E-state index in [2.05, 4.69) is 0 Å². The molecular formula is C24H29FN2O5. The van der Waals surface area contributed by atoms with Crippen molar-refractivity contribution in [1.29, 1.82) is 0 Å². The average Bonchev–Trinajstić information content (AvgIpc) is 3.27. The Hall–Kier alpha value is -3.29. The molecule has 2 aromatic carbocycles. The molecule has 0 bridgehead atoms. The van der Waals surface area contributed by atoms with Gasteiger partial charge in [0, 0.05) is 32.6 Å². The van der Waals surface area contributed by atoms with E-state index in [0.29, 0.717) is 23.8 Å². The fraction of sp³-hybridized carbons (Fsp3) is 0.417. The minimum absolute atomic E-state index is 0.00640. The maximum absolute atomic E-state index is 14.3. The summed E-state index contributed by atoms with van der Waals surface area (Å²) in [5.74, 6) is -0.511. The highest BCUT2D eigenvalue weighted by Crippen LogP contribution is 2.43. The van der Waals surface area contributed by atoms with E-state index in [4.69, 9.17) is 14.2 Å². The highest BCUT2D eigenvalue weighted by Gasteiger charge is 2.42. The minimum Gasteiger partial charge on any atom is -0.493 e. The number of hydrogen-bond acceptors (Lipinski definition) is 5. The lowest BCUT2D eigenvalue weighted by Gasteiger charge is -2.24. The first-order valence-corrected chi connectivity index (χ1v) is 10.4. The third kappa shape index (κ3) is 4.35. The van der Waals surface area contributed by atoms with Gasteiger partial charge in [-0.3, -0.25) is 9.59 Å². The van der Waals surface area contributed by atoms with Crippen molar-refractivity contribution in [3.63, 3.8) is 0 Å². The normalized spacial score (nSPS) is 17.8. The van der Waals surface area contributed by atoms with Crippen molar-refractivity contribution in [2.75, 3.05) is 48.0 Å². The van der Waals surface area contributed by atoms with E-state index >= 15 is 0 Å². The van der Waals surface area contributed by atoms with Gasteiger partial charge in [0.05, 0.1) is 32.8 Å².